The number of benzene rings is 1. The molecule has 0 unspecified atom stereocenters. The number of aryl methyl sites for hydroxylation is 1. The van der Waals surface area contributed by atoms with Crippen molar-refractivity contribution in [3.05, 3.63) is 52.2 Å². The molecule has 3 nitrogen and oxygen atoms in total. The van der Waals surface area contributed by atoms with E-state index < -0.39 is 0 Å². The summed E-state index contributed by atoms with van der Waals surface area (Å²) in [6.45, 7) is 2.01. The molecule has 0 spiro atoms. The quantitative estimate of drug-likeness (QED) is 0.799. The average Bonchev–Trinajstić information content (AvgIpc) is 2.79. The van der Waals surface area contributed by atoms with Gasteiger partial charge < -0.3 is 0 Å². The second-order valence-corrected chi connectivity index (χ2v) is 4.37. The summed E-state index contributed by atoms with van der Waals surface area (Å²) in [7, 11) is 0. The van der Waals surface area contributed by atoms with E-state index in [1.807, 2.05) is 42.6 Å². The summed E-state index contributed by atoms with van der Waals surface area (Å²) in [6, 6.07) is 11.5. The summed E-state index contributed by atoms with van der Waals surface area (Å²) in [5, 5.41) is 1.88. The Morgan fingerprint density at radius 2 is 2.12 bits per heavy atom. The van der Waals surface area contributed by atoms with Crippen LogP contribution in [-0.2, 0) is 0 Å². The van der Waals surface area contributed by atoms with Crippen LogP contribution in [0.25, 0.3) is 0 Å². The first-order valence-corrected chi connectivity index (χ1v) is 5.80. The predicted molar refractivity (Wildman–Crippen MR) is 66.6 cm³/mol. The maximum atomic E-state index is 11.6. The van der Waals surface area contributed by atoms with Gasteiger partial charge in [-0.1, -0.05) is 18.2 Å². The fourth-order valence-electron chi connectivity index (χ4n) is 1.32. The van der Waals surface area contributed by atoms with Gasteiger partial charge in [-0.25, -0.2) is 0 Å². The molecule has 0 atom stereocenters. The van der Waals surface area contributed by atoms with Crippen molar-refractivity contribution < 1.29 is 4.79 Å². The SMILES string of the molecule is Cc1cccc(NNC(=O)c2cccs2)c1. The van der Waals surface area contributed by atoms with Crippen LogP contribution < -0.4 is 10.9 Å². The van der Waals surface area contributed by atoms with E-state index in [2.05, 4.69) is 10.9 Å². The van der Waals surface area contributed by atoms with Crippen molar-refractivity contribution in [1.82, 2.24) is 5.43 Å². The third kappa shape index (κ3) is 2.61. The molecule has 82 valence electrons. The van der Waals surface area contributed by atoms with E-state index in [9.17, 15) is 4.79 Å². The number of carbonyl (C=O) groups is 1. The lowest BCUT2D eigenvalue weighted by Crippen LogP contribution is -2.28. The molecule has 0 aliphatic heterocycles. The summed E-state index contributed by atoms with van der Waals surface area (Å²) in [5.74, 6) is -0.114. The van der Waals surface area contributed by atoms with Gasteiger partial charge in [0.2, 0.25) is 0 Å². The van der Waals surface area contributed by atoms with Gasteiger partial charge in [-0.3, -0.25) is 15.6 Å². The van der Waals surface area contributed by atoms with Crippen molar-refractivity contribution in [3.8, 4) is 0 Å². The Balaban J connectivity index is 1.95. The van der Waals surface area contributed by atoms with Gasteiger partial charge in [-0.2, -0.15) is 0 Å². The van der Waals surface area contributed by atoms with Crippen molar-refractivity contribution in [2.75, 3.05) is 5.43 Å². The van der Waals surface area contributed by atoms with E-state index in [-0.39, 0.29) is 5.91 Å². The van der Waals surface area contributed by atoms with Crippen LogP contribution in [0.5, 0.6) is 0 Å². The van der Waals surface area contributed by atoms with Crippen LogP contribution in [-0.4, -0.2) is 5.91 Å². The highest BCUT2D eigenvalue weighted by molar-refractivity contribution is 7.12. The van der Waals surface area contributed by atoms with Crippen LogP contribution in [0.4, 0.5) is 5.69 Å². The number of rotatable bonds is 3. The zero-order valence-electron chi connectivity index (χ0n) is 8.86. The summed E-state index contributed by atoms with van der Waals surface area (Å²) >= 11 is 1.42. The van der Waals surface area contributed by atoms with Crippen LogP contribution >= 0.6 is 11.3 Å². The van der Waals surface area contributed by atoms with Crippen molar-refractivity contribution >= 4 is 22.9 Å². The van der Waals surface area contributed by atoms with E-state index >= 15 is 0 Å². The van der Waals surface area contributed by atoms with Crippen LogP contribution in [0.15, 0.2) is 41.8 Å². The van der Waals surface area contributed by atoms with Crippen LogP contribution in [0.3, 0.4) is 0 Å². The Bertz CT molecular complexity index is 480. The minimum absolute atomic E-state index is 0.114. The number of nitrogens with one attached hydrogen (secondary N) is 2. The number of hydrogen-bond acceptors (Lipinski definition) is 3. The topological polar surface area (TPSA) is 41.1 Å². The molecule has 0 aliphatic carbocycles. The molecular weight excluding hydrogens is 220 g/mol. The molecule has 2 N–H and O–H groups in total. The summed E-state index contributed by atoms with van der Waals surface area (Å²) < 4.78 is 0. The maximum Gasteiger partial charge on any atom is 0.279 e. The van der Waals surface area contributed by atoms with E-state index in [1.165, 1.54) is 11.3 Å². The predicted octanol–water partition coefficient (Wildman–Crippen LogP) is 2.81. The minimum atomic E-state index is -0.114. The fourth-order valence-corrected chi connectivity index (χ4v) is 1.94. The Labute approximate surface area is 98.1 Å². The Morgan fingerprint density at radius 3 is 2.81 bits per heavy atom. The van der Waals surface area contributed by atoms with Crippen LogP contribution in [0.2, 0.25) is 0 Å². The second-order valence-electron chi connectivity index (χ2n) is 3.43. The highest BCUT2D eigenvalue weighted by Gasteiger charge is 2.04. The molecule has 4 heteroatoms. The monoisotopic (exact) mass is 232 g/mol. The van der Waals surface area contributed by atoms with Crippen molar-refractivity contribution in [3.63, 3.8) is 0 Å². The molecule has 0 aliphatic rings. The number of hydrazine groups is 1. The lowest BCUT2D eigenvalue weighted by molar-refractivity contribution is 0.0966. The molecule has 0 fully saturated rings. The molecule has 0 radical (unpaired) electrons. The first-order valence-electron chi connectivity index (χ1n) is 4.92. The molecule has 0 saturated carbocycles. The van der Waals surface area contributed by atoms with Gasteiger partial charge in [0.05, 0.1) is 10.6 Å². The normalized spacial score (nSPS) is 9.81. The Morgan fingerprint density at radius 1 is 1.25 bits per heavy atom. The second kappa shape index (κ2) is 4.81. The molecule has 0 bridgehead atoms. The molecule has 0 saturated heterocycles. The molecule has 1 aromatic heterocycles. The summed E-state index contributed by atoms with van der Waals surface area (Å²) in [6.07, 6.45) is 0. The van der Waals surface area contributed by atoms with Crippen molar-refractivity contribution in [1.29, 1.82) is 0 Å². The first-order chi connectivity index (χ1) is 7.75. The van der Waals surface area contributed by atoms with Gasteiger partial charge >= 0.3 is 0 Å². The highest BCUT2D eigenvalue weighted by Crippen LogP contribution is 2.10. The zero-order chi connectivity index (χ0) is 11.4. The third-order valence-electron chi connectivity index (χ3n) is 2.08. The highest BCUT2D eigenvalue weighted by atomic mass is 32.1. The van der Waals surface area contributed by atoms with Gasteiger partial charge in [0.15, 0.2) is 0 Å². The molecule has 1 aromatic carbocycles. The zero-order valence-corrected chi connectivity index (χ0v) is 9.67. The van der Waals surface area contributed by atoms with Gasteiger partial charge in [0.25, 0.3) is 5.91 Å². The van der Waals surface area contributed by atoms with Crippen LogP contribution in [0.1, 0.15) is 15.2 Å². The Hall–Kier alpha value is -1.81. The number of amides is 1. The number of hydrogen-bond donors (Lipinski definition) is 2. The van der Waals surface area contributed by atoms with Gasteiger partial charge in [-0.15, -0.1) is 11.3 Å². The third-order valence-corrected chi connectivity index (χ3v) is 2.95. The summed E-state index contributed by atoms with van der Waals surface area (Å²) in [5.41, 5.74) is 7.56. The van der Waals surface area contributed by atoms with E-state index in [1.54, 1.807) is 6.07 Å². The average molecular weight is 232 g/mol. The first kappa shape index (κ1) is 10.7. The standard InChI is InChI=1S/C12H12N2OS/c1-9-4-2-5-10(8-9)13-14-12(15)11-6-3-7-16-11/h2-8,13H,1H3,(H,14,15). The number of carbonyl (C=O) groups excluding carboxylic acids is 1. The van der Waals surface area contributed by atoms with Crippen molar-refractivity contribution in [2.24, 2.45) is 0 Å². The lowest BCUT2D eigenvalue weighted by Gasteiger charge is -2.07. The number of anilines is 1. The Kier molecular flexibility index (Phi) is 3.22. The minimum Gasteiger partial charge on any atom is -0.298 e. The number of thiophene rings is 1. The molecular formula is C12H12N2OS. The fraction of sp³-hybridized carbons (Fsp3) is 0.0833. The largest absolute Gasteiger partial charge is 0.298 e. The van der Waals surface area contributed by atoms with Gasteiger partial charge in [0.1, 0.15) is 0 Å². The summed E-state index contributed by atoms with van der Waals surface area (Å²) in [4.78, 5) is 12.3. The van der Waals surface area contributed by atoms with Crippen LogP contribution in [0, 0.1) is 6.92 Å². The lowest BCUT2D eigenvalue weighted by atomic mass is 10.2. The molecule has 1 heterocycles. The molecule has 2 rings (SSSR count). The van der Waals surface area contributed by atoms with E-state index in [0.29, 0.717) is 4.88 Å². The van der Waals surface area contributed by atoms with Gasteiger partial charge in [-0.05, 0) is 36.1 Å². The molecule has 16 heavy (non-hydrogen) atoms. The van der Waals surface area contributed by atoms with Gasteiger partial charge in [0, 0.05) is 0 Å². The van der Waals surface area contributed by atoms with E-state index in [0.717, 1.165) is 11.3 Å². The maximum absolute atomic E-state index is 11.6. The smallest absolute Gasteiger partial charge is 0.279 e. The van der Waals surface area contributed by atoms with Crippen molar-refractivity contribution in [2.45, 2.75) is 6.92 Å². The van der Waals surface area contributed by atoms with E-state index in [4.69, 9.17) is 0 Å². The molecule has 1 amide bonds. The molecule has 2 aromatic rings.